The van der Waals surface area contributed by atoms with Crippen molar-refractivity contribution in [3.63, 3.8) is 0 Å². The van der Waals surface area contributed by atoms with Crippen molar-refractivity contribution in [3.8, 4) is 0 Å². The van der Waals surface area contributed by atoms with Gasteiger partial charge in [-0.05, 0) is 0 Å². The summed E-state index contributed by atoms with van der Waals surface area (Å²) >= 11 is 0. The predicted molar refractivity (Wildman–Crippen MR) is 66.2 cm³/mol. The Balaban J connectivity index is 3.84. The molecule has 9 N–H and O–H groups in total. The minimum atomic E-state index is -1.65. The van der Waals surface area contributed by atoms with Crippen molar-refractivity contribution < 1.29 is 30.1 Å². The van der Waals surface area contributed by atoms with Gasteiger partial charge in [0.25, 0.3) is 0 Å². The first-order valence-corrected chi connectivity index (χ1v) is 5.42. The van der Waals surface area contributed by atoms with E-state index in [4.69, 9.17) is 30.1 Å². The van der Waals surface area contributed by atoms with E-state index in [-0.39, 0.29) is 19.8 Å². The van der Waals surface area contributed by atoms with Crippen LogP contribution in [-0.2, 0) is 0 Å². The van der Waals surface area contributed by atoms with Gasteiger partial charge in [-0.15, -0.1) is 0 Å². The molecule has 0 fully saturated rings. The topological polar surface area (TPSA) is 161 Å². The van der Waals surface area contributed by atoms with Gasteiger partial charge in [0.05, 0.1) is 0 Å². The zero-order valence-corrected chi connectivity index (χ0v) is 9.90. The van der Waals surface area contributed by atoms with Crippen LogP contribution in [0, 0.1) is 0 Å². The summed E-state index contributed by atoms with van der Waals surface area (Å²) in [5.74, 6) is 0. The molecule has 0 aliphatic carbocycles. The Hall–Kier alpha value is -0.205. The molecule has 0 aliphatic heterocycles. The van der Waals surface area contributed by atoms with E-state index in [2.05, 4.69) is 15.7 Å². The molecule has 0 aromatic heterocycles. The third-order valence-corrected chi connectivity index (χ3v) is 2.01. The average Bonchev–Trinajstić information content (AvgIpc) is 2.24. The summed E-state index contributed by atoms with van der Waals surface area (Å²) in [7, 11) is -4.87. The second-order valence-electron chi connectivity index (χ2n) is 3.51. The lowest BCUT2D eigenvalue weighted by Gasteiger charge is -2.23. The van der Waals surface area contributed by atoms with E-state index in [1.807, 2.05) is 0 Å². The van der Waals surface area contributed by atoms with Crippen LogP contribution in [0.1, 0.15) is 0 Å². The monoisotopic (exact) mass is 264 g/mol. The minimum Gasteiger partial charge on any atom is -0.413 e. The van der Waals surface area contributed by atoms with Crippen LogP contribution in [-0.4, -0.2) is 89.7 Å². The van der Waals surface area contributed by atoms with Crippen LogP contribution in [0.3, 0.4) is 0 Å². The molecule has 0 radical (unpaired) electrons. The molecule has 0 saturated carbocycles. The minimum absolute atomic E-state index is 0.143. The maximum atomic E-state index is 8.66. The highest BCUT2D eigenvalue weighted by Gasteiger charge is 2.13. The van der Waals surface area contributed by atoms with Crippen molar-refractivity contribution >= 4 is 21.8 Å². The molecule has 0 spiro atoms. The van der Waals surface area contributed by atoms with Gasteiger partial charge >= 0.3 is 21.8 Å². The van der Waals surface area contributed by atoms with E-state index in [1.165, 1.54) is 0 Å². The lowest BCUT2D eigenvalue weighted by atomic mass is 10.1. The van der Waals surface area contributed by atoms with Crippen LogP contribution in [0.25, 0.3) is 0 Å². The van der Waals surface area contributed by atoms with Crippen molar-refractivity contribution in [3.05, 3.63) is 0 Å². The molecule has 13 heteroatoms. The summed E-state index contributed by atoms with van der Waals surface area (Å²) in [6, 6.07) is 0. The second-order valence-corrected chi connectivity index (χ2v) is 3.51. The van der Waals surface area contributed by atoms with E-state index in [1.54, 1.807) is 4.90 Å². The van der Waals surface area contributed by atoms with Crippen molar-refractivity contribution in [2.24, 2.45) is 0 Å². The summed E-state index contributed by atoms with van der Waals surface area (Å²) < 4.78 is 0. The molecule has 0 aliphatic rings. The number of hydrogen-bond donors (Lipinski definition) is 9. The molecular weight excluding hydrogens is 245 g/mol. The molecule has 0 rings (SSSR count). The number of nitrogens with one attached hydrogen (secondary N) is 3. The van der Waals surface area contributed by atoms with Gasteiger partial charge in [0.1, 0.15) is 0 Å². The lowest BCUT2D eigenvalue weighted by molar-refractivity contribution is 0.254. The molecule has 0 bridgehead atoms. The Morgan fingerprint density at radius 3 is 1.39 bits per heavy atom. The Labute approximate surface area is 106 Å². The van der Waals surface area contributed by atoms with Gasteiger partial charge in [-0.25, -0.2) is 0 Å². The zero-order valence-electron chi connectivity index (χ0n) is 9.90. The maximum Gasteiger partial charge on any atom is 0.550 e. The highest BCUT2D eigenvalue weighted by atomic mass is 16.4. The fraction of sp³-hybridized carbons (Fsp3) is 1.00. The van der Waals surface area contributed by atoms with E-state index >= 15 is 0 Å². The van der Waals surface area contributed by atoms with E-state index in [0.717, 1.165) is 0 Å². The van der Waals surface area contributed by atoms with E-state index in [9.17, 15) is 0 Å². The second kappa shape index (κ2) is 10.7. The highest BCUT2D eigenvalue weighted by Crippen LogP contribution is 1.84. The Morgan fingerprint density at radius 2 is 1.06 bits per heavy atom. The van der Waals surface area contributed by atoms with Crippen molar-refractivity contribution in [2.75, 3.05) is 32.8 Å². The molecule has 0 unspecified atom stereocenters. The van der Waals surface area contributed by atoms with Gasteiger partial charge in [0, 0.05) is 32.8 Å². The normalized spacial score (nSPS) is 10.8. The summed E-state index contributed by atoms with van der Waals surface area (Å²) in [5.41, 5.74) is 0. The number of rotatable bonds is 11. The molecule has 0 aromatic carbocycles. The number of hydrogen-bond acceptors (Lipinski definition) is 10. The molecule has 0 heterocycles. The predicted octanol–water partition coefficient (Wildman–Crippen LogP) is -6.08. The van der Waals surface area contributed by atoms with E-state index in [0.29, 0.717) is 13.1 Å². The van der Waals surface area contributed by atoms with Crippen molar-refractivity contribution in [1.82, 2.24) is 20.6 Å². The quantitative estimate of drug-likeness (QED) is 0.130. The van der Waals surface area contributed by atoms with E-state index < -0.39 is 21.8 Å². The maximum absolute atomic E-state index is 8.66. The number of nitrogens with zero attached hydrogens (tertiary/aromatic N) is 1. The molecular formula is C5H19B3N4O6. The molecule has 10 nitrogen and oxygen atoms in total. The standard InChI is InChI=1S/C5H19B3N4O6/c13-6(14)9-1-3-12(5-11-8(17)18)4-2-10-7(15)16/h9-11,13-18H,1-5H2. The summed E-state index contributed by atoms with van der Waals surface area (Å²) in [6.07, 6.45) is 0. The van der Waals surface area contributed by atoms with Gasteiger partial charge in [-0.2, -0.15) is 0 Å². The molecule has 0 atom stereocenters. The van der Waals surface area contributed by atoms with Crippen LogP contribution in [0.2, 0.25) is 0 Å². The molecule has 0 amide bonds. The summed E-state index contributed by atoms with van der Waals surface area (Å²) in [4.78, 5) is 1.70. The largest absolute Gasteiger partial charge is 0.550 e. The van der Waals surface area contributed by atoms with Crippen LogP contribution < -0.4 is 15.7 Å². The fourth-order valence-electron chi connectivity index (χ4n) is 1.18. The highest BCUT2D eigenvalue weighted by molar-refractivity contribution is 6.38. The first-order valence-electron chi connectivity index (χ1n) is 5.42. The van der Waals surface area contributed by atoms with Crippen LogP contribution in [0.15, 0.2) is 0 Å². The van der Waals surface area contributed by atoms with Crippen molar-refractivity contribution in [1.29, 1.82) is 0 Å². The Bertz CT molecular complexity index is 188. The Morgan fingerprint density at radius 1 is 0.667 bits per heavy atom. The average molecular weight is 264 g/mol. The van der Waals surface area contributed by atoms with Gasteiger partial charge in [-0.1, -0.05) is 0 Å². The Kier molecular flexibility index (Phi) is 10.6. The zero-order chi connectivity index (χ0) is 14.0. The first-order chi connectivity index (χ1) is 8.41. The van der Waals surface area contributed by atoms with Crippen molar-refractivity contribution in [2.45, 2.75) is 0 Å². The van der Waals surface area contributed by atoms with Crippen LogP contribution in [0.4, 0.5) is 0 Å². The first kappa shape index (κ1) is 17.8. The third kappa shape index (κ3) is 12.3. The summed E-state index contributed by atoms with van der Waals surface area (Å²) in [5, 5.41) is 58.7. The SMILES string of the molecule is OB(O)NCCN(CCNB(O)O)CNB(O)O. The van der Waals surface area contributed by atoms with Gasteiger partial charge < -0.3 is 40.6 Å². The van der Waals surface area contributed by atoms with Crippen LogP contribution in [0.5, 0.6) is 0 Å². The summed E-state index contributed by atoms with van der Waals surface area (Å²) in [6.45, 7) is 1.45. The smallest absolute Gasteiger partial charge is 0.413 e. The molecule has 104 valence electrons. The third-order valence-electron chi connectivity index (χ3n) is 2.01. The molecule has 0 aromatic rings. The van der Waals surface area contributed by atoms with Gasteiger partial charge in [-0.3, -0.25) is 10.1 Å². The fourth-order valence-corrected chi connectivity index (χ4v) is 1.18. The van der Waals surface area contributed by atoms with Gasteiger partial charge in [0.2, 0.25) is 0 Å². The van der Waals surface area contributed by atoms with Gasteiger partial charge in [0.15, 0.2) is 0 Å². The molecule has 0 saturated heterocycles. The van der Waals surface area contributed by atoms with Crippen LogP contribution >= 0.6 is 0 Å². The molecule has 18 heavy (non-hydrogen) atoms. The lowest BCUT2D eigenvalue weighted by Crippen LogP contribution is -2.49.